The summed E-state index contributed by atoms with van der Waals surface area (Å²) in [6.07, 6.45) is 3.08. The highest BCUT2D eigenvalue weighted by atomic mass is 35.5. The predicted molar refractivity (Wildman–Crippen MR) is 90.9 cm³/mol. The standard InChI is InChI=1S/C15H20Cl2N4O/c1-15(2)8-3-4-9-21(15)14(22)20-13(18)19-12-10(16)6-5-7-11(12)17/h5-7H,3-4,8-9H2,1-2H3,(H3,18,19,20,22). The van der Waals surface area contributed by atoms with Crippen LogP contribution in [0.15, 0.2) is 23.2 Å². The molecule has 120 valence electrons. The van der Waals surface area contributed by atoms with Crippen LogP contribution in [0.25, 0.3) is 0 Å². The van der Waals surface area contributed by atoms with Crippen LogP contribution in [0, 0.1) is 0 Å². The largest absolute Gasteiger partial charge is 0.369 e. The number of nitrogens with two attached hydrogens (primary N) is 1. The summed E-state index contributed by atoms with van der Waals surface area (Å²) in [4.78, 5) is 18.3. The maximum Gasteiger partial charge on any atom is 0.324 e. The minimum atomic E-state index is -0.255. The van der Waals surface area contributed by atoms with E-state index in [1.54, 1.807) is 23.1 Å². The third-order valence-corrected chi connectivity index (χ3v) is 4.41. The number of rotatable bonds is 1. The third kappa shape index (κ3) is 3.84. The number of hydrogen-bond acceptors (Lipinski definition) is 2. The predicted octanol–water partition coefficient (Wildman–Crippen LogP) is 3.91. The minimum absolute atomic E-state index is 0.0265. The molecule has 1 saturated heterocycles. The molecule has 7 heteroatoms. The van der Waals surface area contributed by atoms with E-state index in [1.807, 2.05) is 13.8 Å². The number of benzene rings is 1. The molecular weight excluding hydrogens is 323 g/mol. The lowest BCUT2D eigenvalue weighted by Gasteiger charge is -2.42. The first-order valence-electron chi connectivity index (χ1n) is 7.18. The van der Waals surface area contributed by atoms with Crippen molar-refractivity contribution in [2.24, 2.45) is 10.7 Å². The summed E-state index contributed by atoms with van der Waals surface area (Å²) in [5, 5.41) is 3.36. The Labute approximate surface area is 140 Å². The van der Waals surface area contributed by atoms with Gasteiger partial charge in [-0.05, 0) is 45.2 Å². The smallest absolute Gasteiger partial charge is 0.324 e. The van der Waals surface area contributed by atoms with E-state index in [2.05, 4.69) is 10.3 Å². The third-order valence-electron chi connectivity index (χ3n) is 3.80. The molecule has 0 bridgehead atoms. The number of nitrogens with one attached hydrogen (secondary N) is 1. The fourth-order valence-corrected chi connectivity index (χ4v) is 3.04. The second-order valence-corrected chi connectivity index (χ2v) is 6.73. The number of carbonyl (C=O) groups is 1. The molecular formula is C15H20Cl2N4O. The molecule has 0 aliphatic carbocycles. The summed E-state index contributed by atoms with van der Waals surface area (Å²) in [6, 6.07) is 4.79. The Morgan fingerprint density at radius 2 is 1.95 bits per heavy atom. The average molecular weight is 343 g/mol. The molecule has 3 N–H and O–H groups in total. The number of hydrogen-bond donors (Lipinski definition) is 2. The average Bonchev–Trinajstić information content (AvgIpc) is 2.42. The van der Waals surface area contributed by atoms with Crippen LogP contribution in [0.3, 0.4) is 0 Å². The van der Waals surface area contributed by atoms with Crippen molar-refractivity contribution < 1.29 is 4.79 Å². The molecule has 0 radical (unpaired) electrons. The van der Waals surface area contributed by atoms with E-state index in [0.717, 1.165) is 19.3 Å². The van der Waals surface area contributed by atoms with E-state index >= 15 is 0 Å². The normalized spacial score (nSPS) is 18.2. The monoisotopic (exact) mass is 342 g/mol. The van der Waals surface area contributed by atoms with Crippen molar-refractivity contribution in [2.75, 3.05) is 6.54 Å². The van der Waals surface area contributed by atoms with Gasteiger partial charge in [-0.15, -0.1) is 0 Å². The number of nitrogens with zero attached hydrogens (tertiary/aromatic N) is 2. The van der Waals surface area contributed by atoms with Gasteiger partial charge in [-0.3, -0.25) is 5.32 Å². The molecule has 1 heterocycles. The molecule has 1 aromatic carbocycles. The Morgan fingerprint density at radius 1 is 1.32 bits per heavy atom. The van der Waals surface area contributed by atoms with E-state index in [1.165, 1.54) is 0 Å². The Balaban J connectivity index is 2.12. The number of carbonyl (C=O) groups excluding carboxylic acids is 1. The van der Waals surface area contributed by atoms with Gasteiger partial charge < -0.3 is 10.6 Å². The number of guanidine groups is 1. The summed E-state index contributed by atoms with van der Waals surface area (Å²) < 4.78 is 0. The van der Waals surface area contributed by atoms with Crippen LogP contribution in [0.1, 0.15) is 33.1 Å². The number of halogens is 2. The maximum atomic E-state index is 12.4. The molecule has 0 aromatic heterocycles. The minimum Gasteiger partial charge on any atom is -0.369 e. The number of aliphatic imine (C=N–C) groups is 1. The van der Waals surface area contributed by atoms with Gasteiger partial charge in [0, 0.05) is 12.1 Å². The highest BCUT2D eigenvalue weighted by Gasteiger charge is 2.33. The summed E-state index contributed by atoms with van der Waals surface area (Å²) in [5.74, 6) is -0.0265. The van der Waals surface area contributed by atoms with Crippen LogP contribution in [0.5, 0.6) is 0 Å². The lowest BCUT2D eigenvalue weighted by atomic mass is 9.91. The van der Waals surface area contributed by atoms with Gasteiger partial charge in [0.25, 0.3) is 0 Å². The van der Waals surface area contributed by atoms with Gasteiger partial charge in [0.2, 0.25) is 5.96 Å². The van der Waals surface area contributed by atoms with Gasteiger partial charge in [-0.2, -0.15) is 0 Å². The number of likely N-dealkylation sites (tertiary alicyclic amines) is 1. The number of urea groups is 1. The van der Waals surface area contributed by atoms with Crippen molar-refractivity contribution in [1.82, 2.24) is 10.2 Å². The summed E-state index contributed by atoms with van der Waals surface area (Å²) in [5.41, 5.74) is 5.97. The lowest BCUT2D eigenvalue weighted by Crippen LogP contribution is -2.56. The zero-order chi connectivity index (χ0) is 16.3. The molecule has 2 amide bonds. The van der Waals surface area contributed by atoms with Gasteiger partial charge >= 0.3 is 6.03 Å². The van der Waals surface area contributed by atoms with E-state index in [9.17, 15) is 4.79 Å². The molecule has 5 nitrogen and oxygen atoms in total. The summed E-state index contributed by atoms with van der Waals surface area (Å²) in [7, 11) is 0. The van der Waals surface area contributed by atoms with E-state index < -0.39 is 0 Å². The van der Waals surface area contributed by atoms with Crippen LogP contribution in [-0.4, -0.2) is 29.0 Å². The van der Waals surface area contributed by atoms with Crippen molar-refractivity contribution in [3.63, 3.8) is 0 Å². The molecule has 1 aliphatic rings. The Bertz CT molecular complexity index is 581. The zero-order valence-electron chi connectivity index (χ0n) is 12.7. The summed E-state index contributed by atoms with van der Waals surface area (Å²) in [6.45, 7) is 4.80. The first-order valence-corrected chi connectivity index (χ1v) is 7.93. The highest BCUT2D eigenvalue weighted by Crippen LogP contribution is 2.32. The fraction of sp³-hybridized carbons (Fsp3) is 0.467. The van der Waals surface area contributed by atoms with E-state index in [4.69, 9.17) is 28.9 Å². The lowest BCUT2D eigenvalue weighted by molar-refractivity contribution is 0.106. The second kappa shape index (κ2) is 6.75. The molecule has 1 aliphatic heterocycles. The quantitative estimate of drug-likeness (QED) is 0.599. The van der Waals surface area contributed by atoms with Gasteiger partial charge in [0.1, 0.15) is 5.69 Å². The van der Waals surface area contributed by atoms with Gasteiger partial charge in [-0.25, -0.2) is 9.79 Å². The van der Waals surface area contributed by atoms with E-state index in [0.29, 0.717) is 22.3 Å². The fourth-order valence-electron chi connectivity index (χ4n) is 2.56. The highest BCUT2D eigenvalue weighted by molar-refractivity contribution is 6.38. The van der Waals surface area contributed by atoms with Gasteiger partial charge in [0.15, 0.2) is 0 Å². The van der Waals surface area contributed by atoms with Crippen LogP contribution in [-0.2, 0) is 0 Å². The number of amides is 2. The van der Waals surface area contributed by atoms with Crippen molar-refractivity contribution in [2.45, 2.75) is 38.6 Å². The topological polar surface area (TPSA) is 70.7 Å². The van der Waals surface area contributed by atoms with Crippen molar-refractivity contribution in [1.29, 1.82) is 0 Å². The van der Waals surface area contributed by atoms with Gasteiger partial charge in [-0.1, -0.05) is 29.3 Å². The van der Waals surface area contributed by atoms with Crippen LogP contribution < -0.4 is 11.1 Å². The number of piperidine rings is 1. The SMILES string of the molecule is CC1(C)CCCCN1C(=O)NC(N)=Nc1c(Cl)cccc1Cl. The van der Waals surface area contributed by atoms with Gasteiger partial charge in [0.05, 0.1) is 10.0 Å². The van der Waals surface area contributed by atoms with Crippen molar-refractivity contribution in [3.05, 3.63) is 28.2 Å². The first-order chi connectivity index (χ1) is 10.3. The molecule has 0 saturated carbocycles. The van der Waals surface area contributed by atoms with E-state index in [-0.39, 0.29) is 17.5 Å². The molecule has 0 spiro atoms. The zero-order valence-corrected chi connectivity index (χ0v) is 14.2. The van der Waals surface area contributed by atoms with Crippen LogP contribution in [0.4, 0.5) is 10.5 Å². The van der Waals surface area contributed by atoms with Crippen LogP contribution >= 0.6 is 23.2 Å². The maximum absolute atomic E-state index is 12.4. The molecule has 1 fully saturated rings. The molecule has 22 heavy (non-hydrogen) atoms. The number of para-hydroxylation sites is 1. The molecule has 2 rings (SSSR count). The Hall–Kier alpha value is -1.46. The Kier molecular flexibility index (Phi) is 5.19. The Morgan fingerprint density at radius 3 is 2.55 bits per heavy atom. The summed E-state index contributed by atoms with van der Waals surface area (Å²) >= 11 is 12.1. The second-order valence-electron chi connectivity index (χ2n) is 5.92. The molecule has 0 unspecified atom stereocenters. The van der Waals surface area contributed by atoms with Crippen LogP contribution in [0.2, 0.25) is 10.0 Å². The molecule has 0 atom stereocenters. The first kappa shape index (κ1) is 16.9. The van der Waals surface area contributed by atoms with Crippen molar-refractivity contribution in [3.8, 4) is 0 Å². The van der Waals surface area contributed by atoms with Crippen molar-refractivity contribution >= 4 is 40.9 Å². The molecule has 1 aromatic rings.